The van der Waals surface area contributed by atoms with Crippen molar-refractivity contribution in [2.24, 2.45) is 0 Å². The lowest BCUT2D eigenvalue weighted by molar-refractivity contribution is -0.255. The molecule has 0 atom stereocenters. The molecule has 0 saturated carbocycles. The molecular weight excluding hydrogens is 280 g/mol. The average molecular weight is 292 g/mol. The second-order valence-electron chi connectivity index (χ2n) is 4.18. The summed E-state index contributed by atoms with van der Waals surface area (Å²) in [4.78, 5) is 10.6. The van der Waals surface area contributed by atoms with Gasteiger partial charge in [0, 0.05) is 10.6 Å². The lowest BCUT2D eigenvalue weighted by atomic mass is 10.1. The highest BCUT2D eigenvalue weighted by Crippen LogP contribution is 2.23. The smallest absolute Gasteiger partial charge is 0.125 e. The largest absolute Gasteiger partial charge is 0.545 e. The van der Waals surface area contributed by atoms with Crippen LogP contribution < -0.4 is 9.84 Å². The number of carboxylic acids is 1. The van der Waals surface area contributed by atoms with Crippen LogP contribution in [0.25, 0.3) is 0 Å². The van der Waals surface area contributed by atoms with Crippen LogP contribution in [0.15, 0.2) is 42.5 Å². The van der Waals surface area contributed by atoms with Crippen molar-refractivity contribution >= 4 is 17.6 Å². The molecule has 0 fully saturated rings. The molecule has 20 heavy (non-hydrogen) atoms. The number of carbonyl (C=O) groups is 1. The van der Waals surface area contributed by atoms with Gasteiger partial charge in [-0.25, -0.2) is 0 Å². The van der Waals surface area contributed by atoms with Crippen molar-refractivity contribution < 1.29 is 19.7 Å². The Morgan fingerprint density at radius 2 is 1.90 bits per heavy atom. The minimum atomic E-state index is -1.21. The summed E-state index contributed by atoms with van der Waals surface area (Å²) < 4.78 is 5.59. The third kappa shape index (κ3) is 3.50. The molecule has 1 N–H and O–H groups in total. The Balaban J connectivity index is 2.06. The number of aliphatic hydroxyl groups excluding tert-OH is 1. The second kappa shape index (κ2) is 6.41. The topological polar surface area (TPSA) is 69.6 Å². The van der Waals surface area contributed by atoms with E-state index in [2.05, 4.69) is 0 Å². The second-order valence-corrected chi connectivity index (χ2v) is 4.62. The Morgan fingerprint density at radius 3 is 2.50 bits per heavy atom. The van der Waals surface area contributed by atoms with E-state index in [0.717, 1.165) is 5.56 Å². The van der Waals surface area contributed by atoms with E-state index in [9.17, 15) is 15.0 Å². The molecule has 2 rings (SSSR count). The predicted molar refractivity (Wildman–Crippen MR) is 72.5 cm³/mol. The number of hydrogen-bond donors (Lipinski definition) is 1. The maximum atomic E-state index is 10.6. The quantitative estimate of drug-likeness (QED) is 0.911. The van der Waals surface area contributed by atoms with Crippen LogP contribution in [-0.2, 0) is 13.2 Å². The molecule has 2 aromatic carbocycles. The highest BCUT2D eigenvalue weighted by Gasteiger charge is 2.04. The van der Waals surface area contributed by atoms with Crippen molar-refractivity contribution in [1.29, 1.82) is 0 Å². The number of aliphatic hydroxyl groups is 1. The first-order valence-corrected chi connectivity index (χ1v) is 6.30. The van der Waals surface area contributed by atoms with Gasteiger partial charge in [0.05, 0.1) is 12.6 Å². The number of benzene rings is 2. The predicted octanol–water partition coefficient (Wildman–Crippen LogP) is 1.77. The molecule has 0 aromatic heterocycles. The van der Waals surface area contributed by atoms with Crippen LogP contribution >= 0.6 is 11.6 Å². The maximum Gasteiger partial charge on any atom is 0.125 e. The lowest BCUT2D eigenvalue weighted by Crippen LogP contribution is -2.22. The SMILES string of the molecule is O=C([O-])c1ccc(COc2ccc(Cl)cc2CO)cc1. The van der Waals surface area contributed by atoms with Gasteiger partial charge in [-0.2, -0.15) is 0 Å². The fourth-order valence-corrected chi connectivity index (χ4v) is 1.91. The summed E-state index contributed by atoms with van der Waals surface area (Å²) in [6.45, 7) is 0.0987. The molecular formula is C15H12ClO4-. The summed E-state index contributed by atoms with van der Waals surface area (Å²) in [6.07, 6.45) is 0. The number of hydrogen-bond acceptors (Lipinski definition) is 4. The third-order valence-corrected chi connectivity index (χ3v) is 3.01. The van der Waals surface area contributed by atoms with Gasteiger partial charge in [0.2, 0.25) is 0 Å². The molecule has 0 radical (unpaired) electrons. The number of carbonyl (C=O) groups excluding carboxylic acids is 1. The molecule has 0 aliphatic rings. The molecule has 0 heterocycles. The highest BCUT2D eigenvalue weighted by atomic mass is 35.5. The van der Waals surface area contributed by atoms with Gasteiger partial charge < -0.3 is 19.7 Å². The first-order chi connectivity index (χ1) is 9.60. The van der Waals surface area contributed by atoms with E-state index in [4.69, 9.17) is 16.3 Å². The molecule has 0 bridgehead atoms. The summed E-state index contributed by atoms with van der Waals surface area (Å²) in [5, 5.41) is 20.4. The van der Waals surface area contributed by atoms with E-state index >= 15 is 0 Å². The first-order valence-electron chi connectivity index (χ1n) is 5.92. The minimum Gasteiger partial charge on any atom is -0.545 e. The van der Waals surface area contributed by atoms with Gasteiger partial charge in [-0.05, 0) is 29.3 Å². The van der Waals surface area contributed by atoms with Crippen LogP contribution in [-0.4, -0.2) is 11.1 Å². The van der Waals surface area contributed by atoms with Crippen molar-refractivity contribution in [3.8, 4) is 5.75 Å². The molecule has 4 nitrogen and oxygen atoms in total. The van der Waals surface area contributed by atoms with Gasteiger partial charge in [-0.1, -0.05) is 35.9 Å². The zero-order valence-corrected chi connectivity index (χ0v) is 11.3. The monoisotopic (exact) mass is 291 g/mol. The van der Waals surface area contributed by atoms with Gasteiger partial charge in [0.1, 0.15) is 12.4 Å². The van der Waals surface area contributed by atoms with Crippen LogP contribution in [0.3, 0.4) is 0 Å². The molecule has 0 saturated heterocycles. The van der Waals surface area contributed by atoms with Crippen LogP contribution in [0.2, 0.25) is 5.02 Å². The van der Waals surface area contributed by atoms with E-state index in [1.54, 1.807) is 30.3 Å². The number of aromatic carboxylic acids is 1. The van der Waals surface area contributed by atoms with Crippen molar-refractivity contribution in [3.05, 3.63) is 64.2 Å². The van der Waals surface area contributed by atoms with Crippen LogP contribution in [0.1, 0.15) is 21.5 Å². The Hall–Kier alpha value is -2.04. The fraction of sp³-hybridized carbons (Fsp3) is 0.133. The lowest BCUT2D eigenvalue weighted by Gasteiger charge is -2.11. The third-order valence-electron chi connectivity index (χ3n) is 2.78. The number of halogens is 1. The summed E-state index contributed by atoms with van der Waals surface area (Å²) in [7, 11) is 0. The summed E-state index contributed by atoms with van der Waals surface area (Å²) in [5.41, 5.74) is 1.54. The van der Waals surface area contributed by atoms with Crippen LogP contribution in [0.5, 0.6) is 5.75 Å². The van der Waals surface area contributed by atoms with E-state index in [0.29, 0.717) is 16.3 Å². The molecule has 0 aliphatic carbocycles. The zero-order chi connectivity index (χ0) is 14.5. The fourth-order valence-electron chi connectivity index (χ4n) is 1.71. The van der Waals surface area contributed by atoms with E-state index < -0.39 is 5.97 Å². The molecule has 0 spiro atoms. The summed E-state index contributed by atoms with van der Waals surface area (Å²) >= 11 is 5.83. The van der Waals surface area contributed by atoms with Crippen molar-refractivity contribution in [1.82, 2.24) is 0 Å². The van der Waals surface area contributed by atoms with Crippen LogP contribution in [0.4, 0.5) is 0 Å². The van der Waals surface area contributed by atoms with Crippen molar-refractivity contribution in [2.45, 2.75) is 13.2 Å². The number of carboxylic acid groups (broad SMARTS) is 1. The Bertz CT molecular complexity index is 608. The summed E-state index contributed by atoms with van der Waals surface area (Å²) in [6, 6.07) is 11.2. The molecule has 5 heteroatoms. The van der Waals surface area contributed by atoms with Gasteiger partial charge >= 0.3 is 0 Å². The van der Waals surface area contributed by atoms with Crippen molar-refractivity contribution in [2.75, 3.05) is 0 Å². The van der Waals surface area contributed by atoms with E-state index in [-0.39, 0.29) is 18.8 Å². The maximum absolute atomic E-state index is 10.6. The van der Waals surface area contributed by atoms with Gasteiger partial charge in [-0.15, -0.1) is 0 Å². The molecule has 0 aliphatic heterocycles. The number of ether oxygens (including phenoxy) is 1. The Kier molecular flexibility index (Phi) is 4.61. The Morgan fingerprint density at radius 1 is 1.20 bits per heavy atom. The normalized spacial score (nSPS) is 10.3. The van der Waals surface area contributed by atoms with E-state index in [1.165, 1.54) is 12.1 Å². The van der Waals surface area contributed by atoms with E-state index in [1.807, 2.05) is 0 Å². The standard InChI is InChI=1S/C15H13ClO4/c16-13-5-6-14(12(7-13)8-17)20-9-10-1-3-11(4-2-10)15(18)19/h1-7,17H,8-9H2,(H,18,19)/p-1. The number of rotatable bonds is 5. The molecule has 104 valence electrons. The highest BCUT2D eigenvalue weighted by molar-refractivity contribution is 6.30. The molecule has 0 amide bonds. The first kappa shape index (κ1) is 14.4. The van der Waals surface area contributed by atoms with Gasteiger partial charge in [-0.3, -0.25) is 0 Å². The van der Waals surface area contributed by atoms with Gasteiger partial charge in [0.15, 0.2) is 0 Å². The Labute approximate surface area is 121 Å². The minimum absolute atomic E-state index is 0.122. The summed E-state index contributed by atoms with van der Waals surface area (Å²) in [5.74, 6) is -0.668. The van der Waals surface area contributed by atoms with Crippen LogP contribution in [0, 0.1) is 0 Å². The van der Waals surface area contributed by atoms with Gasteiger partial charge in [0.25, 0.3) is 0 Å². The molecule has 0 unspecified atom stereocenters. The van der Waals surface area contributed by atoms with Crippen molar-refractivity contribution in [3.63, 3.8) is 0 Å². The molecule has 2 aromatic rings. The average Bonchev–Trinajstić information content (AvgIpc) is 2.46. The zero-order valence-electron chi connectivity index (χ0n) is 10.5.